The van der Waals surface area contributed by atoms with Gasteiger partial charge in [-0.15, -0.1) is 29.1 Å². The van der Waals surface area contributed by atoms with Crippen LogP contribution in [0.25, 0.3) is 5.69 Å². The van der Waals surface area contributed by atoms with E-state index in [4.69, 9.17) is 5.73 Å². The van der Waals surface area contributed by atoms with Gasteiger partial charge in [0.25, 0.3) is 0 Å². The second-order valence-electron chi connectivity index (χ2n) is 5.49. The SMILES string of the molecule is I.NC(=NCCc1nnnn1-c1ccccc1)NC1CCCC1. The van der Waals surface area contributed by atoms with Gasteiger partial charge in [0.1, 0.15) is 0 Å². The molecular weight excluding hydrogens is 405 g/mol. The molecule has 2 aromatic rings. The Labute approximate surface area is 152 Å². The highest BCUT2D eigenvalue weighted by atomic mass is 127. The summed E-state index contributed by atoms with van der Waals surface area (Å²) in [6, 6.07) is 10.3. The number of nitrogens with two attached hydrogens (primary N) is 1. The Morgan fingerprint density at radius 3 is 2.74 bits per heavy atom. The summed E-state index contributed by atoms with van der Waals surface area (Å²) in [6.07, 6.45) is 5.56. The van der Waals surface area contributed by atoms with Crippen LogP contribution in [0.3, 0.4) is 0 Å². The molecule has 0 amide bonds. The summed E-state index contributed by atoms with van der Waals surface area (Å²) in [5, 5.41) is 15.1. The van der Waals surface area contributed by atoms with Crippen LogP contribution in [0.15, 0.2) is 35.3 Å². The van der Waals surface area contributed by atoms with Crippen LogP contribution in [0.4, 0.5) is 0 Å². The minimum absolute atomic E-state index is 0. The zero-order valence-electron chi connectivity index (χ0n) is 12.9. The van der Waals surface area contributed by atoms with E-state index >= 15 is 0 Å². The molecule has 8 heteroatoms. The van der Waals surface area contributed by atoms with Crippen molar-refractivity contribution >= 4 is 29.9 Å². The number of tetrazole rings is 1. The molecule has 3 N–H and O–H groups in total. The summed E-state index contributed by atoms with van der Waals surface area (Å²) in [6.45, 7) is 0.568. The monoisotopic (exact) mass is 427 g/mol. The number of aromatic nitrogens is 4. The zero-order chi connectivity index (χ0) is 15.2. The molecule has 0 spiro atoms. The number of guanidine groups is 1. The fraction of sp³-hybridized carbons (Fsp3) is 0.467. The van der Waals surface area contributed by atoms with Crippen LogP contribution in [0.5, 0.6) is 0 Å². The molecule has 1 aromatic heterocycles. The first-order valence-electron chi connectivity index (χ1n) is 7.72. The normalized spacial score (nSPS) is 15.4. The lowest BCUT2D eigenvalue weighted by Crippen LogP contribution is -2.38. The van der Waals surface area contributed by atoms with Crippen molar-refractivity contribution in [3.63, 3.8) is 0 Å². The number of nitrogens with one attached hydrogen (secondary N) is 1. The van der Waals surface area contributed by atoms with Crippen LogP contribution < -0.4 is 11.1 Å². The van der Waals surface area contributed by atoms with Gasteiger partial charge < -0.3 is 11.1 Å². The van der Waals surface area contributed by atoms with E-state index in [1.807, 2.05) is 30.3 Å². The lowest BCUT2D eigenvalue weighted by molar-refractivity contribution is 0.625. The quantitative estimate of drug-likeness (QED) is 0.430. The standard InChI is InChI=1S/C15H21N7.HI/c16-15(18-12-6-4-5-7-12)17-11-10-14-19-20-21-22(14)13-8-2-1-3-9-13;/h1-3,8-9,12H,4-7,10-11H2,(H3,16,17,18);1H. The van der Waals surface area contributed by atoms with Crippen molar-refractivity contribution in [2.24, 2.45) is 10.7 Å². The van der Waals surface area contributed by atoms with Gasteiger partial charge in [-0.1, -0.05) is 31.0 Å². The van der Waals surface area contributed by atoms with Crippen LogP contribution in [0.1, 0.15) is 31.5 Å². The van der Waals surface area contributed by atoms with Gasteiger partial charge in [0.2, 0.25) is 0 Å². The minimum Gasteiger partial charge on any atom is -0.370 e. The average Bonchev–Trinajstić information content (AvgIpc) is 3.20. The molecule has 1 aromatic carbocycles. The minimum atomic E-state index is 0. The zero-order valence-corrected chi connectivity index (χ0v) is 15.3. The van der Waals surface area contributed by atoms with Gasteiger partial charge in [-0.2, -0.15) is 4.68 Å². The largest absolute Gasteiger partial charge is 0.370 e. The van der Waals surface area contributed by atoms with Crippen molar-refractivity contribution in [2.45, 2.75) is 38.1 Å². The highest BCUT2D eigenvalue weighted by molar-refractivity contribution is 14.0. The van der Waals surface area contributed by atoms with E-state index in [2.05, 4.69) is 25.8 Å². The molecule has 23 heavy (non-hydrogen) atoms. The third-order valence-corrected chi connectivity index (χ3v) is 3.86. The predicted octanol–water partition coefficient (Wildman–Crippen LogP) is 1.67. The van der Waals surface area contributed by atoms with E-state index in [1.165, 1.54) is 25.7 Å². The molecule has 0 saturated heterocycles. The fourth-order valence-corrected chi connectivity index (χ4v) is 2.73. The predicted molar refractivity (Wildman–Crippen MR) is 100 cm³/mol. The van der Waals surface area contributed by atoms with Crippen LogP contribution in [0, 0.1) is 0 Å². The lowest BCUT2D eigenvalue weighted by Gasteiger charge is -2.12. The Morgan fingerprint density at radius 1 is 1.26 bits per heavy atom. The van der Waals surface area contributed by atoms with Crippen molar-refractivity contribution in [3.05, 3.63) is 36.2 Å². The Morgan fingerprint density at radius 2 is 2.00 bits per heavy atom. The fourth-order valence-electron chi connectivity index (χ4n) is 2.73. The average molecular weight is 427 g/mol. The number of hydrogen-bond donors (Lipinski definition) is 2. The first-order chi connectivity index (χ1) is 10.8. The maximum absolute atomic E-state index is 5.92. The van der Waals surface area contributed by atoms with E-state index < -0.39 is 0 Å². The second kappa shape index (κ2) is 8.80. The highest BCUT2D eigenvalue weighted by Crippen LogP contribution is 2.17. The van der Waals surface area contributed by atoms with Crippen molar-refractivity contribution in [1.82, 2.24) is 25.5 Å². The summed E-state index contributed by atoms with van der Waals surface area (Å²) in [7, 11) is 0. The molecule has 1 fully saturated rings. The third-order valence-electron chi connectivity index (χ3n) is 3.86. The van der Waals surface area contributed by atoms with Gasteiger partial charge in [0.05, 0.1) is 5.69 Å². The van der Waals surface area contributed by atoms with Gasteiger partial charge in [-0.05, 0) is 35.4 Å². The van der Waals surface area contributed by atoms with E-state index in [9.17, 15) is 0 Å². The maximum atomic E-state index is 5.92. The molecule has 1 heterocycles. The van der Waals surface area contributed by atoms with Gasteiger partial charge in [-0.25, -0.2) is 0 Å². The van der Waals surface area contributed by atoms with Gasteiger partial charge in [0, 0.05) is 19.0 Å². The van der Waals surface area contributed by atoms with E-state index in [0.29, 0.717) is 25.0 Å². The summed E-state index contributed by atoms with van der Waals surface area (Å²) in [5.41, 5.74) is 6.87. The molecule has 0 unspecified atom stereocenters. The smallest absolute Gasteiger partial charge is 0.188 e. The van der Waals surface area contributed by atoms with Crippen molar-refractivity contribution in [2.75, 3.05) is 6.54 Å². The third kappa shape index (κ3) is 4.88. The number of hydrogen-bond acceptors (Lipinski definition) is 4. The topological polar surface area (TPSA) is 94.0 Å². The number of rotatable bonds is 5. The molecule has 0 radical (unpaired) electrons. The molecule has 1 aliphatic carbocycles. The lowest BCUT2D eigenvalue weighted by atomic mass is 10.2. The highest BCUT2D eigenvalue weighted by Gasteiger charge is 2.14. The molecule has 1 saturated carbocycles. The van der Waals surface area contributed by atoms with Crippen LogP contribution >= 0.6 is 24.0 Å². The number of aliphatic imine (C=N–C) groups is 1. The Hall–Kier alpha value is -1.71. The molecule has 3 rings (SSSR count). The Balaban J connectivity index is 0.00000192. The maximum Gasteiger partial charge on any atom is 0.188 e. The molecule has 0 bridgehead atoms. The van der Waals surface area contributed by atoms with Crippen molar-refractivity contribution < 1.29 is 0 Å². The van der Waals surface area contributed by atoms with E-state index in [-0.39, 0.29) is 24.0 Å². The van der Waals surface area contributed by atoms with E-state index in [0.717, 1.165) is 11.5 Å². The van der Waals surface area contributed by atoms with E-state index in [1.54, 1.807) is 4.68 Å². The van der Waals surface area contributed by atoms with Gasteiger partial charge >= 0.3 is 0 Å². The molecule has 7 nitrogen and oxygen atoms in total. The number of halogens is 1. The van der Waals surface area contributed by atoms with Crippen LogP contribution in [-0.4, -0.2) is 38.8 Å². The number of nitrogens with zero attached hydrogens (tertiary/aromatic N) is 5. The molecule has 0 atom stereocenters. The Kier molecular flexibility index (Phi) is 6.75. The first kappa shape index (κ1) is 17.6. The number of benzene rings is 1. The summed E-state index contributed by atoms with van der Waals surface area (Å²) in [5.74, 6) is 1.30. The van der Waals surface area contributed by atoms with Crippen LogP contribution in [-0.2, 0) is 6.42 Å². The van der Waals surface area contributed by atoms with Gasteiger partial charge in [-0.3, -0.25) is 4.99 Å². The second-order valence-corrected chi connectivity index (χ2v) is 5.49. The molecular formula is C15H22IN7. The van der Waals surface area contributed by atoms with Gasteiger partial charge in [0.15, 0.2) is 11.8 Å². The number of para-hydroxylation sites is 1. The van der Waals surface area contributed by atoms with Crippen LogP contribution in [0.2, 0.25) is 0 Å². The molecule has 124 valence electrons. The first-order valence-corrected chi connectivity index (χ1v) is 7.72. The molecule has 0 aliphatic heterocycles. The molecule has 1 aliphatic rings. The Bertz CT molecular complexity index is 620. The van der Waals surface area contributed by atoms with Crippen molar-refractivity contribution in [3.8, 4) is 5.69 Å². The van der Waals surface area contributed by atoms with Crippen molar-refractivity contribution in [1.29, 1.82) is 0 Å². The summed E-state index contributed by atoms with van der Waals surface area (Å²) < 4.78 is 1.73. The summed E-state index contributed by atoms with van der Waals surface area (Å²) >= 11 is 0. The summed E-state index contributed by atoms with van der Waals surface area (Å²) in [4.78, 5) is 4.37.